The number of hydrogen-bond acceptors (Lipinski definition) is 4. The number of carbonyl (C=O) groups is 2. The molecule has 0 radical (unpaired) electrons. The van der Waals surface area contributed by atoms with Crippen molar-refractivity contribution < 1.29 is 19.5 Å². The molecule has 0 aliphatic rings. The van der Waals surface area contributed by atoms with Gasteiger partial charge in [0.15, 0.2) is 0 Å². The van der Waals surface area contributed by atoms with E-state index in [0.29, 0.717) is 27.6 Å². The van der Waals surface area contributed by atoms with Crippen LogP contribution in [0, 0.1) is 0 Å². The van der Waals surface area contributed by atoms with Crippen LogP contribution in [0.1, 0.15) is 20.7 Å². The Morgan fingerprint density at radius 3 is 2.36 bits per heavy atom. The van der Waals surface area contributed by atoms with Crippen molar-refractivity contribution in [1.82, 2.24) is 5.48 Å². The summed E-state index contributed by atoms with van der Waals surface area (Å²) in [5, 5.41) is 12.0. The van der Waals surface area contributed by atoms with Gasteiger partial charge in [-0.25, -0.2) is 5.48 Å². The molecule has 3 aromatic carbocycles. The van der Waals surface area contributed by atoms with Gasteiger partial charge in [0.1, 0.15) is 5.75 Å². The van der Waals surface area contributed by atoms with Gasteiger partial charge in [0.25, 0.3) is 11.8 Å². The minimum atomic E-state index is -0.579. The number of halogens is 1. The summed E-state index contributed by atoms with van der Waals surface area (Å²) in [6.45, 7) is 0. The number of hydrogen-bond donors (Lipinski definition) is 3. The zero-order valence-corrected chi connectivity index (χ0v) is 15.7. The van der Waals surface area contributed by atoms with Crippen molar-refractivity contribution in [2.45, 2.75) is 0 Å². The Balaban J connectivity index is 1.82. The summed E-state index contributed by atoms with van der Waals surface area (Å²) in [4.78, 5) is 24.0. The summed E-state index contributed by atoms with van der Waals surface area (Å²) >= 11 is 5.94. The zero-order valence-electron chi connectivity index (χ0n) is 14.9. The van der Waals surface area contributed by atoms with E-state index < -0.39 is 5.91 Å². The zero-order chi connectivity index (χ0) is 20.1. The lowest BCUT2D eigenvalue weighted by molar-refractivity contribution is 0.0706. The molecular formula is C21H17ClN2O4. The van der Waals surface area contributed by atoms with Crippen molar-refractivity contribution in [1.29, 1.82) is 0 Å². The summed E-state index contributed by atoms with van der Waals surface area (Å²) in [5.41, 5.74) is 4.63. The van der Waals surface area contributed by atoms with Crippen LogP contribution in [0.25, 0.3) is 11.1 Å². The highest BCUT2D eigenvalue weighted by atomic mass is 35.5. The summed E-state index contributed by atoms with van der Waals surface area (Å²) in [5.74, 6) is -0.510. The molecular weight excluding hydrogens is 380 g/mol. The van der Waals surface area contributed by atoms with Crippen molar-refractivity contribution in [3.63, 3.8) is 0 Å². The van der Waals surface area contributed by atoms with E-state index in [4.69, 9.17) is 21.5 Å². The SMILES string of the molecule is COc1cc(Cl)ccc1C(=O)Nc1cccc(-c2ccc(C(=O)NO)cc2)c1. The second kappa shape index (κ2) is 8.56. The second-order valence-corrected chi connectivity index (χ2v) is 6.33. The van der Waals surface area contributed by atoms with Gasteiger partial charge in [0, 0.05) is 16.3 Å². The monoisotopic (exact) mass is 396 g/mol. The molecule has 3 rings (SSSR count). The minimum Gasteiger partial charge on any atom is -0.496 e. The molecule has 0 saturated carbocycles. The maximum absolute atomic E-state index is 12.6. The molecule has 6 nitrogen and oxygen atoms in total. The van der Waals surface area contributed by atoms with Crippen LogP contribution in [0.2, 0.25) is 5.02 Å². The third-order valence-corrected chi connectivity index (χ3v) is 4.35. The minimum absolute atomic E-state index is 0.319. The van der Waals surface area contributed by atoms with E-state index in [0.717, 1.165) is 11.1 Å². The summed E-state index contributed by atoms with van der Waals surface area (Å²) in [7, 11) is 1.48. The molecule has 0 fully saturated rings. The molecule has 0 heterocycles. The van der Waals surface area contributed by atoms with E-state index in [-0.39, 0.29) is 5.91 Å². The topological polar surface area (TPSA) is 87.7 Å². The Bertz CT molecular complexity index is 1020. The van der Waals surface area contributed by atoms with Gasteiger partial charge in [-0.3, -0.25) is 14.8 Å². The van der Waals surface area contributed by atoms with E-state index in [1.807, 2.05) is 18.2 Å². The highest BCUT2D eigenvalue weighted by Gasteiger charge is 2.13. The molecule has 3 N–H and O–H groups in total. The lowest BCUT2D eigenvalue weighted by Gasteiger charge is -2.11. The van der Waals surface area contributed by atoms with E-state index in [1.54, 1.807) is 54.0 Å². The average molecular weight is 397 g/mol. The molecule has 0 atom stereocenters. The summed E-state index contributed by atoms with van der Waals surface area (Å²) in [6.07, 6.45) is 0. The van der Waals surface area contributed by atoms with Gasteiger partial charge < -0.3 is 10.1 Å². The number of benzene rings is 3. The maximum Gasteiger partial charge on any atom is 0.274 e. The van der Waals surface area contributed by atoms with Gasteiger partial charge >= 0.3 is 0 Å². The standard InChI is InChI=1S/C21H17ClN2O4/c1-28-19-12-16(22)9-10-18(19)21(26)23-17-4-2-3-15(11-17)13-5-7-14(8-6-13)20(25)24-27/h2-12,27H,1H3,(H,23,26)(H,24,25). The van der Waals surface area contributed by atoms with Gasteiger partial charge in [0.2, 0.25) is 0 Å². The molecule has 7 heteroatoms. The first-order chi connectivity index (χ1) is 13.5. The van der Waals surface area contributed by atoms with Gasteiger partial charge in [0.05, 0.1) is 12.7 Å². The van der Waals surface area contributed by atoms with Gasteiger partial charge in [-0.1, -0.05) is 35.9 Å². The van der Waals surface area contributed by atoms with Crippen molar-refractivity contribution >= 4 is 29.1 Å². The van der Waals surface area contributed by atoms with Crippen LogP contribution in [0.4, 0.5) is 5.69 Å². The fraction of sp³-hybridized carbons (Fsp3) is 0.0476. The van der Waals surface area contributed by atoms with E-state index >= 15 is 0 Å². The molecule has 142 valence electrons. The average Bonchev–Trinajstić information content (AvgIpc) is 2.73. The predicted octanol–water partition coefficient (Wildman–Crippen LogP) is 4.39. The number of ether oxygens (including phenoxy) is 1. The number of hydroxylamine groups is 1. The van der Waals surface area contributed by atoms with Crippen LogP contribution in [-0.2, 0) is 0 Å². The highest BCUT2D eigenvalue weighted by Crippen LogP contribution is 2.26. The fourth-order valence-corrected chi connectivity index (χ4v) is 2.87. The quantitative estimate of drug-likeness (QED) is 0.441. The van der Waals surface area contributed by atoms with Gasteiger partial charge in [-0.2, -0.15) is 0 Å². The molecule has 0 aromatic heterocycles. The van der Waals surface area contributed by atoms with E-state index in [9.17, 15) is 9.59 Å². The second-order valence-electron chi connectivity index (χ2n) is 5.90. The molecule has 0 aliphatic carbocycles. The largest absolute Gasteiger partial charge is 0.496 e. The molecule has 2 amide bonds. The molecule has 0 aliphatic heterocycles. The van der Waals surface area contributed by atoms with Gasteiger partial charge in [-0.05, 0) is 53.6 Å². The van der Waals surface area contributed by atoms with Crippen molar-refractivity contribution in [2.24, 2.45) is 0 Å². The number of anilines is 1. The van der Waals surface area contributed by atoms with E-state index in [1.165, 1.54) is 7.11 Å². The van der Waals surface area contributed by atoms with Crippen molar-refractivity contribution in [3.8, 4) is 16.9 Å². The predicted molar refractivity (Wildman–Crippen MR) is 107 cm³/mol. The summed E-state index contributed by atoms with van der Waals surface area (Å²) in [6, 6.07) is 18.8. The number of rotatable bonds is 5. The molecule has 0 saturated heterocycles. The molecule has 0 bridgehead atoms. The smallest absolute Gasteiger partial charge is 0.274 e. The Morgan fingerprint density at radius 2 is 1.68 bits per heavy atom. The van der Waals surface area contributed by atoms with Gasteiger partial charge in [-0.15, -0.1) is 0 Å². The lowest BCUT2D eigenvalue weighted by Crippen LogP contribution is -2.18. The normalized spacial score (nSPS) is 10.2. The molecule has 3 aromatic rings. The lowest BCUT2D eigenvalue weighted by atomic mass is 10.0. The van der Waals surface area contributed by atoms with Crippen LogP contribution < -0.4 is 15.5 Å². The number of amides is 2. The Kier molecular flexibility index (Phi) is 5.93. The Labute approximate surface area is 166 Å². The third-order valence-electron chi connectivity index (χ3n) is 4.11. The Hall–Kier alpha value is -3.35. The van der Waals surface area contributed by atoms with Crippen LogP contribution in [0.15, 0.2) is 66.7 Å². The van der Waals surface area contributed by atoms with Crippen LogP contribution >= 0.6 is 11.6 Å². The first-order valence-corrected chi connectivity index (χ1v) is 8.69. The number of nitrogens with one attached hydrogen (secondary N) is 2. The molecule has 0 unspecified atom stereocenters. The van der Waals surface area contributed by atoms with Crippen LogP contribution in [-0.4, -0.2) is 24.1 Å². The number of carbonyl (C=O) groups excluding carboxylic acids is 2. The number of methoxy groups -OCH3 is 1. The fourth-order valence-electron chi connectivity index (χ4n) is 2.71. The van der Waals surface area contributed by atoms with Crippen molar-refractivity contribution in [2.75, 3.05) is 12.4 Å². The molecule has 0 spiro atoms. The first kappa shape index (κ1) is 19.4. The van der Waals surface area contributed by atoms with Crippen LogP contribution in [0.5, 0.6) is 5.75 Å². The molecule has 28 heavy (non-hydrogen) atoms. The van der Waals surface area contributed by atoms with Crippen LogP contribution in [0.3, 0.4) is 0 Å². The highest BCUT2D eigenvalue weighted by molar-refractivity contribution is 6.31. The maximum atomic E-state index is 12.6. The van der Waals surface area contributed by atoms with Crippen molar-refractivity contribution in [3.05, 3.63) is 82.9 Å². The first-order valence-electron chi connectivity index (χ1n) is 8.31. The third kappa shape index (κ3) is 4.31. The summed E-state index contributed by atoms with van der Waals surface area (Å²) < 4.78 is 5.22. The Morgan fingerprint density at radius 1 is 0.929 bits per heavy atom. The van der Waals surface area contributed by atoms with E-state index in [2.05, 4.69) is 5.32 Å².